The number of rotatable bonds is 6. The number of methoxy groups -OCH3 is 1. The highest BCUT2D eigenvalue weighted by Crippen LogP contribution is 2.28. The van der Waals surface area contributed by atoms with Gasteiger partial charge in [0.25, 0.3) is 0 Å². The van der Waals surface area contributed by atoms with Crippen molar-refractivity contribution in [2.45, 2.75) is 13.0 Å². The molecular weight excluding hydrogens is 334 g/mol. The van der Waals surface area contributed by atoms with E-state index in [-0.39, 0.29) is 6.42 Å². The lowest BCUT2D eigenvalue weighted by Gasteiger charge is -2.10. The van der Waals surface area contributed by atoms with Gasteiger partial charge in [-0.25, -0.2) is 0 Å². The monoisotopic (exact) mass is 349 g/mol. The van der Waals surface area contributed by atoms with Crippen molar-refractivity contribution in [1.29, 1.82) is 0 Å². The predicted octanol–water partition coefficient (Wildman–Crippen LogP) is 3.70. The number of benzene rings is 2. The van der Waals surface area contributed by atoms with Crippen molar-refractivity contribution >= 4 is 27.6 Å². The summed E-state index contributed by atoms with van der Waals surface area (Å²) in [6.45, 7) is 0.665. The van der Waals surface area contributed by atoms with E-state index in [9.17, 15) is 4.79 Å². The SMILES string of the molecule is COc1cc(NCc2ccc(CC(=O)O)cc2)ccc1Br. The molecule has 0 heterocycles. The van der Waals surface area contributed by atoms with E-state index in [4.69, 9.17) is 9.84 Å². The minimum Gasteiger partial charge on any atom is -0.495 e. The maximum atomic E-state index is 10.6. The zero-order valence-electron chi connectivity index (χ0n) is 11.6. The van der Waals surface area contributed by atoms with Crippen LogP contribution in [0.15, 0.2) is 46.9 Å². The van der Waals surface area contributed by atoms with Crippen molar-refractivity contribution in [3.05, 3.63) is 58.1 Å². The van der Waals surface area contributed by atoms with Crippen LogP contribution >= 0.6 is 15.9 Å². The van der Waals surface area contributed by atoms with Gasteiger partial charge in [0.2, 0.25) is 0 Å². The van der Waals surface area contributed by atoms with Crippen LogP contribution in [0.4, 0.5) is 5.69 Å². The van der Waals surface area contributed by atoms with Gasteiger partial charge in [0.05, 0.1) is 18.0 Å². The number of anilines is 1. The molecule has 110 valence electrons. The van der Waals surface area contributed by atoms with Crippen LogP contribution in [0.25, 0.3) is 0 Å². The molecule has 0 aliphatic heterocycles. The standard InChI is InChI=1S/C16H16BrNO3/c1-21-15-9-13(6-7-14(15)17)18-10-12-4-2-11(3-5-12)8-16(19)20/h2-7,9,18H,8,10H2,1H3,(H,19,20). The van der Waals surface area contributed by atoms with E-state index in [1.54, 1.807) is 7.11 Å². The Hall–Kier alpha value is -2.01. The number of aliphatic carboxylic acids is 1. The Kier molecular flexibility index (Phi) is 5.22. The fraction of sp³-hybridized carbons (Fsp3) is 0.188. The third-order valence-corrected chi connectivity index (χ3v) is 3.68. The van der Waals surface area contributed by atoms with Crippen molar-refractivity contribution in [2.75, 3.05) is 12.4 Å². The number of carbonyl (C=O) groups is 1. The smallest absolute Gasteiger partial charge is 0.307 e. The fourth-order valence-corrected chi connectivity index (χ4v) is 2.33. The molecule has 5 heteroatoms. The quantitative estimate of drug-likeness (QED) is 0.834. The summed E-state index contributed by atoms with van der Waals surface area (Å²) in [6.07, 6.45) is 0.0532. The third kappa shape index (κ3) is 4.49. The molecule has 0 amide bonds. The first-order chi connectivity index (χ1) is 10.1. The van der Waals surface area contributed by atoms with Crippen LogP contribution in [0, 0.1) is 0 Å². The summed E-state index contributed by atoms with van der Waals surface area (Å²) in [5, 5.41) is 12.0. The molecular formula is C16H16BrNO3. The van der Waals surface area contributed by atoms with Crippen molar-refractivity contribution in [3.63, 3.8) is 0 Å². The van der Waals surface area contributed by atoms with Gasteiger partial charge < -0.3 is 15.2 Å². The summed E-state index contributed by atoms with van der Waals surface area (Å²) in [5.41, 5.74) is 2.85. The molecule has 2 rings (SSSR count). The summed E-state index contributed by atoms with van der Waals surface area (Å²) in [6, 6.07) is 13.4. The first-order valence-electron chi connectivity index (χ1n) is 6.45. The Bertz CT molecular complexity index is 626. The zero-order valence-corrected chi connectivity index (χ0v) is 13.2. The highest BCUT2D eigenvalue weighted by Gasteiger charge is 2.03. The van der Waals surface area contributed by atoms with Crippen LogP contribution < -0.4 is 10.1 Å². The second-order valence-electron chi connectivity index (χ2n) is 4.59. The molecule has 0 radical (unpaired) electrons. The molecule has 0 saturated carbocycles. The van der Waals surface area contributed by atoms with Gasteiger partial charge in [-0.15, -0.1) is 0 Å². The van der Waals surface area contributed by atoms with Gasteiger partial charge >= 0.3 is 5.97 Å². The number of carboxylic acid groups (broad SMARTS) is 1. The van der Waals surface area contributed by atoms with Crippen molar-refractivity contribution in [3.8, 4) is 5.75 Å². The Balaban J connectivity index is 1.98. The topological polar surface area (TPSA) is 58.6 Å². The molecule has 0 spiro atoms. The van der Waals surface area contributed by atoms with Crippen LogP contribution in [0.2, 0.25) is 0 Å². The lowest BCUT2D eigenvalue weighted by molar-refractivity contribution is -0.136. The summed E-state index contributed by atoms with van der Waals surface area (Å²) in [7, 11) is 1.63. The Morgan fingerprint density at radius 2 is 1.86 bits per heavy atom. The minimum atomic E-state index is -0.817. The number of halogens is 1. The van der Waals surface area contributed by atoms with Crippen LogP contribution in [0.3, 0.4) is 0 Å². The van der Waals surface area contributed by atoms with Crippen LogP contribution in [0.1, 0.15) is 11.1 Å². The highest BCUT2D eigenvalue weighted by atomic mass is 79.9. The number of hydrogen-bond acceptors (Lipinski definition) is 3. The molecule has 21 heavy (non-hydrogen) atoms. The molecule has 0 fully saturated rings. The number of hydrogen-bond donors (Lipinski definition) is 2. The maximum absolute atomic E-state index is 10.6. The lowest BCUT2D eigenvalue weighted by Crippen LogP contribution is -2.02. The number of nitrogens with one attached hydrogen (secondary N) is 1. The van der Waals surface area contributed by atoms with Gasteiger partial charge in [-0.1, -0.05) is 24.3 Å². The van der Waals surface area contributed by atoms with Gasteiger partial charge in [0.15, 0.2) is 0 Å². The Morgan fingerprint density at radius 1 is 1.19 bits per heavy atom. The van der Waals surface area contributed by atoms with Gasteiger partial charge in [0.1, 0.15) is 5.75 Å². The second kappa shape index (κ2) is 7.13. The molecule has 0 aliphatic rings. The first kappa shape index (κ1) is 15.4. The zero-order chi connectivity index (χ0) is 15.2. The molecule has 0 aromatic heterocycles. The second-order valence-corrected chi connectivity index (χ2v) is 5.44. The fourth-order valence-electron chi connectivity index (χ4n) is 1.92. The first-order valence-corrected chi connectivity index (χ1v) is 7.25. The number of carboxylic acids is 1. The van der Waals surface area contributed by atoms with E-state index in [2.05, 4.69) is 21.2 Å². The van der Waals surface area contributed by atoms with Crippen molar-refractivity contribution in [1.82, 2.24) is 0 Å². The largest absolute Gasteiger partial charge is 0.495 e. The van der Waals surface area contributed by atoms with Gasteiger partial charge in [-0.2, -0.15) is 0 Å². The molecule has 2 N–H and O–H groups in total. The predicted molar refractivity (Wildman–Crippen MR) is 85.8 cm³/mol. The molecule has 0 aliphatic carbocycles. The Morgan fingerprint density at radius 3 is 2.48 bits per heavy atom. The molecule has 0 atom stereocenters. The van der Waals surface area contributed by atoms with Crippen LogP contribution in [-0.2, 0) is 17.8 Å². The van der Waals surface area contributed by atoms with Gasteiger partial charge in [0, 0.05) is 18.3 Å². The van der Waals surface area contributed by atoms with E-state index >= 15 is 0 Å². The molecule has 0 unspecified atom stereocenters. The minimum absolute atomic E-state index is 0.0532. The summed E-state index contributed by atoms with van der Waals surface area (Å²) >= 11 is 3.41. The van der Waals surface area contributed by atoms with E-state index in [0.29, 0.717) is 6.54 Å². The molecule has 2 aromatic carbocycles. The number of ether oxygens (including phenoxy) is 1. The van der Waals surface area contributed by atoms with Gasteiger partial charge in [-0.3, -0.25) is 4.79 Å². The van der Waals surface area contributed by atoms with E-state index < -0.39 is 5.97 Å². The van der Waals surface area contributed by atoms with Crippen molar-refractivity contribution < 1.29 is 14.6 Å². The highest BCUT2D eigenvalue weighted by molar-refractivity contribution is 9.10. The average molecular weight is 350 g/mol. The van der Waals surface area contributed by atoms with Crippen LogP contribution in [0.5, 0.6) is 5.75 Å². The molecule has 2 aromatic rings. The summed E-state index contributed by atoms with van der Waals surface area (Å²) in [4.78, 5) is 10.6. The summed E-state index contributed by atoms with van der Waals surface area (Å²) < 4.78 is 6.16. The van der Waals surface area contributed by atoms with Crippen LogP contribution in [-0.4, -0.2) is 18.2 Å². The van der Waals surface area contributed by atoms with Crippen molar-refractivity contribution in [2.24, 2.45) is 0 Å². The average Bonchev–Trinajstić information content (AvgIpc) is 2.47. The van der Waals surface area contributed by atoms with E-state index in [1.807, 2.05) is 42.5 Å². The normalized spacial score (nSPS) is 10.2. The molecule has 0 saturated heterocycles. The molecule has 4 nitrogen and oxygen atoms in total. The Labute approximate surface area is 131 Å². The third-order valence-electron chi connectivity index (χ3n) is 3.03. The molecule has 0 bridgehead atoms. The van der Waals surface area contributed by atoms with Gasteiger partial charge in [-0.05, 0) is 39.2 Å². The lowest BCUT2D eigenvalue weighted by atomic mass is 10.1. The van der Waals surface area contributed by atoms with E-state index in [1.165, 1.54) is 0 Å². The van der Waals surface area contributed by atoms with E-state index in [0.717, 1.165) is 27.0 Å². The maximum Gasteiger partial charge on any atom is 0.307 e. The summed E-state index contributed by atoms with van der Waals surface area (Å²) in [5.74, 6) is -0.0420.